The molecule has 0 spiro atoms. The summed E-state index contributed by atoms with van der Waals surface area (Å²) in [5.41, 5.74) is 4.00. The first-order valence-electron chi connectivity index (χ1n) is 8.14. The van der Waals surface area contributed by atoms with E-state index in [1.807, 2.05) is 13.8 Å². The molecule has 1 N–H and O–H groups in total. The number of anilines is 1. The highest BCUT2D eigenvalue weighted by Crippen LogP contribution is 2.27. The minimum absolute atomic E-state index is 0. The molecule has 24 heavy (non-hydrogen) atoms. The van der Waals surface area contributed by atoms with Crippen molar-refractivity contribution in [3.8, 4) is 0 Å². The van der Waals surface area contributed by atoms with Crippen LogP contribution in [0.1, 0.15) is 42.8 Å². The predicted octanol–water partition coefficient (Wildman–Crippen LogP) is 3.19. The number of aromatic nitrogens is 2. The molecule has 0 saturated heterocycles. The van der Waals surface area contributed by atoms with Gasteiger partial charge in [-0.25, -0.2) is 0 Å². The second-order valence-electron chi connectivity index (χ2n) is 5.94. The average molecular weight is 353 g/mol. The van der Waals surface area contributed by atoms with Gasteiger partial charge in [0, 0.05) is 25.4 Å². The highest BCUT2D eigenvalue weighted by atomic mass is 35.5. The van der Waals surface area contributed by atoms with Crippen molar-refractivity contribution in [3.63, 3.8) is 0 Å². The molecule has 0 amide bonds. The van der Waals surface area contributed by atoms with E-state index in [0.717, 1.165) is 19.5 Å². The van der Waals surface area contributed by atoms with E-state index in [9.17, 15) is 0 Å². The molecule has 1 aliphatic heterocycles. The van der Waals surface area contributed by atoms with Crippen molar-refractivity contribution in [3.05, 3.63) is 41.0 Å². The zero-order valence-electron chi connectivity index (χ0n) is 14.4. The van der Waals surface area contributed by atoms with Crippen LogP contribution in [0.4, 0.5) is 5.69 Å². The molecule has 0 aliphatic carbocycles. The molecule has 7 heteroatoms. The van der Waals surface area contributed by atoms with Crippen LogP contribution in [0.5, 0.6) is 0 Å². The third-order valence-corrected chi connectivity index (χ3v) is 4.04. The van der Waals surface area contributed by atoms with Gasteiger partial charge in [-0.15, -0.1) is 12.4 Å². The second kappa shape index (κ2) is 8.46. The molecule has 0 saturated carbocycles. The molecular weight excluding hydrogens is 328 g/mol. The van der Waals surface area contributed by atoms with Crippen LogP contribution in [0, 0.1) is 0 Å². The van der Waals surface area contributed by atoms with Crippen LogP contribution < -0.4 is 5.32 Å². The molecule has 0 bridgehead atoms. The van der Waals surface area contributed by atoms with Crippen LogP contribution in [0.2, 0.25) is 0 Å². The van der Waals surface area contributed by atoms with Gasteiger partial charge in [-0.2, -0.15) is 4.98 Å². The van der Waals surface area contributed by atoms with Crippen LogP contribution >= 0.6 is 12.4 Å². The Bertz CT molecular complexity index is 662. The number of halogens is 1. The van der Waals surface area contributed by atoms with E-state index in [4.69, 9.17) is 9.26 Å². The summed E-state index contributed by atoms with van der Waals surface area (Å²) < 4.78 is 10.8. The van der Waals surface area contributed by atoms with Gasteiger partial charge in [0.1, 0.15) is 6.10 Å². The van der Waals surface area contributed by atoms with Crippen molar-refractivity contribution in [1.82, 2.24) is 15.0 Å². The Morgan fingerprint density at radius 3 is 3.00 bits per heavy atom. The number of fused-ring (bicyclic) bond motifs is 1. The fraction of sp³-hybridized carbons (Fsp3) is 0.529. The van der Waals surface area contributed by atoms with E-state index in [1.165, 1.54) is 16.8 Å². The second-order valence-corrected chi connectivity index (χ2v) is 5.94. The van der Waals surface area contributed by atoms with Gasteiger partial charge in [0.2, 0.25) is 5.89 Å². The highest BCUT2D eigenvalue weighted by molar-refractivity contribution is 5.85. The summed E-state index contributed by atoms with van der Waals surface area (Å²) in [6.45, 7) is 7.01. The molecule has 6 nitrogen and oxygen atoms in total. The Balaban J connectivity index is 0.00000208. The predicted molar refractivity (Wildman–Crippen MR) is 95.4 cm³/mol. The molecule has 3 rings (SSSR count). The molecule has 132 valence electrons. The highest BCUT2D eigenvalue weighted by Gasteiger charge is 2.17. The van der Waals surface area contributed by atoms with Crippen molar-refractivity contribution in [2.75, 3.05) is 25.5 Å². The molecule has 0 fully saturated rings. The lowest BCUT2D eigenvalue weighted by Crippen LogP contribution is -2.18. The van der Waals surface area contributed by atoms with Gasteiger partial charge in [-0.05, 0) is 38.4 Å². The Morgan fingerprint density at radius 2 is 2.21 bits per heavy atom. The summed E-state index contributed by atoms with van der Waals surface area (Å²) in [6, 6.07) is 6.49. The SMILES string of the molecule is CCOC(C)c1noc(CN(C)Cc2cccc3c2NCC3)n1.Cl. The Kier molecular flexibility index (Phi) is 6.60. The normalized spacial score (nSPS) is 14.2. The van der Waals surface area contributed by atoms with Gasteiger partial charge in [0.05, 0.1) is 6.54 Å². The maximum atomic E-state index is 5.49. The van der Waals surface area contributed by atoms with E-state index < -0.39 is 0 Å². The summed E-state index contributed by atoms with van der Waals surface area (Å²) in [6.07, 6.45) is 0.972. The molecule has 1 aromatic carbocycles. The molecule has 2 heterocycles. The van der Waals surface area contributed by atoms with Crippen molar-refractivity contribution < 1.29 is 9.26 Å². The maximum Gasteiger partial charge on any atom is 0.240 e. The molecule has 2 aromatic rings. The lowest BCUT2D eigenvalue weighted by molar-refractivity contribution is 0.0683. The first-order valence-corrected chi connectivity index (χ1v) is 8.14. The van der Waals surface area contributed by atoms with Crippen molar-refractivity contribution in [1.29, 1.82) is 0 Å². The maximum absolute atomic E-state index is 5.49. The lowest BCUT2D eigenvalue weighted by Gasteiger charge is -2.16. The number of hydrogen-bond acceptors (Lipinski definition) is 6. The van der Waals surface area contributed by atoms with Gasteiger partial charge in [0.25, 0.3) is 0 Å². The van der Waals surface area contributed by atoms with Gasteiger partial charge in [-0.1, -0.05) is 23.4 Å². The summed E-state index contributed by atoms with van der Waals surface area (Å²) in [4.78, 5) is 6.60. The third-order valence-electron chi connectivity index (χ3n) is 4.04. The monoisotopic (exact) mass is 352 g/mol. The standard InChI is InChI=1S/C17H24N4O2.ClH/c1-4-22-12(2)17-19-15(23-20-17)11-21(3)10-14-7-5-6-13-8-9-18-16(13)14;/h5-7,12,18H,4,8-11H2,1-3H3;1H. The Hall–Kier alpha value is -1.63. The number of para-hydroxylation sites is 1. The van der Waals surface area contributed by atoms with Crippen molar-refractivity contribution in [2.24, 2.45) is 0 Å². The van der Waals surface area contributed by atoms with Crippen LogP contribution in [-0.4, -0.2) is 35.2 Å². The first-order chi connectivity index (χ1) is 11.2. The van der Waals surface area contributed by atoms with E-state index in [1.54, 1.807) is 0 Å². The third kappa shape index (κ3) is 4.26. The number of benzene rings is 1. The van der Waals surface area contributed by atoms with Gasteiger partial charge in [0.15, 0.2) is 5.82 Å². The number of ether oxygens (including phenoxy) is 1. The molecule has 1 aromatic heterocycles. The first kappa shape index (κ1) is 18.7. The van der Waals surface area contributed by atoms with E-state index in [-0.39, 0.29) is 18.5 Å². The fourth-order valence-electron chi connectivity index (χ4n) is 2.94. The minimum Gasteiger partial charge on any atom is -0.384 e. The van der Waals surface area contributed by atoms with Crippen molar-refractivity contribution >= 4 is 18.1 Å². The van der Waals surface area contributed by atoms with Gasteiger partial charge in [-0.3, -0.25) is 4.90 Å². The van der Waals surface area contributed by atoms with Crippen LogP contribution in [0.15, 0.2) is 22.7 Å². The average Bonchev–Trinajstić information content (AvgIpc) is 3.16. The smallest absolute Gasteiger partial charge is 0.240 e. The van der Waals surface area contributed by atoms with Gasteiger partial charge < -0.3 is 14.6 Å². The van der Waals surface area contributed by atoms with E-state index in [0.29, 0.717) is 24.9 Å². The van der Waals surface area contributed by atoms with Crippen molar-refractivity contribution in [2.45, 2.75) is 39.5 Å². The number of rotatable bonds is 7. The Labute approximate surface area is 149 Å². The number of nitrogens with zero attached hydrogens (tertiary/aromatic N) is 3. The molecule has 1 atom stereocenters. The summed E-state index contributed by atoms with van der Waals surface area (Å²) in [7, 11) is 2.06. The van der Waals surface area contributed by atoms with Gasteiger partial charge >= 0.3 is 0 Å². The largest absolute Gasteiger partial charge is 0.384 e. The molecule has 1 unspecified atom stereocenters. The number of hydrogen-bond donors (Lipinski definition) is 1. The summed E-state index contributed by atoms with van der Waals surface area (Å²) in [5, 5.41) is 7.48. The van der Waals surface area contributed by atoms with E-state index >= 15 is 0 Å². The zero-order valence-corrected chi connectivity index (χ0v) is 15.2. The molecule has 0 radical (unpaired) electrons. The molecule has 1 aliphatic rings. The topological polar surface area (TPSA) is 63.4 Å². The zero-order chi connectivity index (χ0) is 16.2. The lowest BCUT2D eigenvalue weighted by atomic mass is 10.1. The van der Waals surface area contributed by atoms with E-state index in [2.05, 4.69) is 45.6 Å². The summed E-state index contributed by atoms with van der Waals surface area (Å²) in [5.74, 6) is 1.23. The van der Waals surface area contributed by atoms with Crippen LogP contribution in [0.3, 0.4) is 0 Å². The quantitative estimate of drug-likeness (QED) is 0.825. The molecular formula is C17H25ClN4O2. The number of nitrogens with one attached hydrogen (secondary N) is 1. The van der Waals surface area contributed by atoms with Crippen LogP contribution in [-0.2, 0) is 24.2 Å². The Morgan fingerprint density at radius 1 is 1.38 bits per heavy atom. The summed E-state index contributed by atoms with van der Waals surface area (Å²) >= 11 is 0. The minimum atomic E-state index is -0.135. The van der Waals surface area contributed by atoms with Crippen LogP contribution in [0.25, 0.3) is 0 Å². The fourth-order valence-corrected chi connectivity index (χ4v) is 2.94.